The molecular formula is C29H34N6O4. The van der Waals surface area contributed by atoms with Crippen LogP contribution in [0.5, 0.6) is 0 Å². The Morgan fingerprint density at radius 2 is 1.38 bits per heavy atom. The van der Waals surface area contributed by atoms with E-state index in [-0.39, 0.29) is 0 Å². The van der Waals surface area contributed by atoms with E-state index in [1.54, 1.807) is 0 Å². The second-order valence-electron chi connectivity index (χ2n) is 9.31. The fourth-order valence-corrected chi connectivity index (χ4v) is 4.92. The fraction of sp³-hybridized carbons (Fsp3) is 0.345. The van der Waals surface area contributed by atoms with Crippen molar-refractivity contribution in [3.05, 3.63) is 66.0 Å². The van der Waals surface area contributed by atoms with Gasteiger partial charge in [0.25, 0.3) is 11.8 Å². The smallest absolute Gasteiger partial charge is 0.261 e. The largest absolute Gasteiger partial charge is 0.378 e. The minimum absolute atomic E-state index is 0.291. The molecule has 5 rings (SSSR count). The van der Waals surface area contributed by atoms with E-state index in [0.717, 1.165) is 34.9 Å². The number of fused-ring (bicyclic) bond motifs is 2. The number of nitrogens with zero attached hydrogens (tertiary/aromatic N) is 3. The highest BCUT2D eigenvalue weighted by Crippen LogP contribution is 2.37. The van der Waals surface area contributed by atoms with E-state index in [1.807, 2.05) is 73.5 Å². The van der Waals surface area contributed by atoms with Crippen molar-refractivity contribution in [1.82, 2.24) is 30.3 Å². The second kappa shape index (κ2) is 12.4. The molecule has 0 spiro atoms. The van der Waals surface area contributed by atoms with Crippen molar-refractivity contribution in [3.63, 3.8) is 0 Å². The molecular weight excluding hydrogens is 496 g/mol. The highest BCUT2D eigenvalue weighted by molar-refractivity contribution is 6.50. The van der Waals surface area contributed by atoms with Gasteiger partial charge in [-0.1, -0.05) is 36.4 Å². The molecule has 0 saturated carbocycles. The predicted molar refractivity (Wildman–Crippen MR) is 151 cm³/mol. The normalized spacial score (nSPS) is 13.8. The minimum atomic E-state index is -0.442. The van der Waals surface area contributed by atoms with E-state index in [0.29, 0.717) is 61.9 Å². The number of aromatic nitrogens is 3. The molecule has 4 aromatic rings. The number of likely N-dealkylation sites (N-methyl/N-ethyl adjacent to an activating group) is 2. The molecule has 0 radical (unpaired) electrons. The number of para-hydroxylation sites is 2. The molecule has 0 bridgehead atoms. The molecule has 0 atom stereocenters. The van der Waals surface area contributed by atoms with Crippen LogP contribution in [0.3, 0.4) is 0 Å². The van der Waals surface area contributed by atoms with E-state index < -0.39 is 11.8 Å². The number of benzene rings is 2. The van der Waals surface area contributed by atoms with Crippen molar-refractivity contribution in [2.75, 3.05) is 53.6 Å². The Balaban J connectivity index is 1.56. The number of carbonyl (C=O) groups excluding carboxylic acids is 2. The van der Waals surface area contributed by atoms with Crippen molar-refractivity contribution >= 4 is 44.8 Å². The Morgan fingerprint density at radius 3 is 2.10 bits per heavy atom. The summed E-state index contributed by atoms with van der Waals surface area (Å²) >= 11 is 0. The first-order chi connectivity index (χ1) is 19.1. The van der Waals surface area contributed by atoms with Crippen molar-refractivity contribution in [3.8, 4) is 0 Å². The van der Waals surface area contributed by atoms with Gasteiger partial charge in [0.15, 0.2) is 0 Å². The Morgan fingerprint density at radius 1 is 0.769 bits per heavy atom. The average Bonchev–Trinajstić information content (AvgIpc) is 3.59. The topological polar surface area (TPSA) is 111 Å². The standard InChI is InChI=1S/C29H34N6O4/c1-30-11-15-38-17-13-34-19-22(20-7-3-5-9-23(20)34)25-26(29(37)32-28(25)36)27-21-8-4-6-10-24(21)35(33-27)14-18-39-16-12-31-2/h3-10,19,30-31H,11-18H2,1-2H3,(H,32,36,37). The lowest BCUT2D eigenvalue weighted by Gasteiger charge is -2.06. The molecule has 1 aliphatic heterocycles. The highest BCUT2D eigenvalue weighted by Gasteiger charge is 2.36. The molecule has 204 valence electrons. The third-order valence-electron chi connectivity index (χ3n) is 6.80. The first kappa shape index (κ1) is 26.8. The SMILES string of the molecule is CNCCOCCn1cc(C2=C(c3nn(CCOCCNC)c4ccccc34)C(=O)NC2=O)c2ccccc21. The van der Waals surface area contributed by atoms with Gasteiger partial charge in [0, 0.05) is 47.7 Å². The number of rotatable bonds is 14. The summed E-state index contributed by atoms with van der Waals surface area (Å²) in [4.78, 5) is 26.5. The number of carbonyl (C=O) groups is 2. The van der Waals surface area contributed by atoms with Crippen LogP contribution in [0.1, 0.15) is 11.3 Å². The number of hydrogen-bond acceptors (Lipinski definition) is 7. The van der Waals surface area contributed by atoms with Gasteiger partial charge in [-0.2, -0.15) is 5.10 Å². The molecule has 0 aliphatic carbocycles. The van der Waals surface area contributed by atoms with Crippen LogP contribution < -0.4 is 16.0 Å². The Labute approximate surface area is 226 Å². The fourth-order valence-electron chi connectivity index (χ4n) is 4.92. The van der Waals surface area contributed by atoms with Crippen LogP contribution >= 0.6 is 0 Å². The van der Waals surface area contributed by atoms with Crippen LogP contribution in [-0.4, -0.2) is 79.8 Å². The molecule has 3 heterocycles. The summed E-state index contributed by atoms with van der Waals surface area (Å²) in [7, 11) is 3.77. The van der Waals surface area contributed by atoms with Crippen LogP contribution in [0.15, 0.2) is 54.7 Å². The molecule has 0 unspecified atom stereocenters. The first-order valence-corrected chi connectivity index (χ1v) is 13.2. The zero-order valence-corrected chi connectivity index (χ0v) is 22.3. The van der Waals surface area contributed by atoms with Crippen molar-refractivity contribution in [2.24, 2.45) is 0 Å². The van der Waals surface area contributed by atoms with Crippen LogP contribution in [0.2, 0.25) is 0 Å². The summed E-state index contributed by atoms with van der Waals surface area (Å²) < 4.78 is 15.4. The second-order valence-corrected chi connectivity index (χ2v) is 9.31. The zero-order chi connectivity index (χ0) is 27.2. The Kier molecular flexibility index (Phi) is 8.48. The molecule has 0 saturated heterocycles. The van der Waals surface area contributed by atoms with E-state index in [4.69, 9.17) is 14.6 Å². The van der Waals surface area contributed by atoms with E-state index in [2.05, 4.69) is 20.5 Å². The molecule has 10 heteroatoms. The van der Waals surface area contributed by atoms with Crippen LogP contribution in [0, 0.1) is 0 Å². The lowest BCUT2D eigenvalue weighted by Crippen LogP contribution is -2.23. The number of ether oxygens (including phenoxy) is 2. The Bertz CT molecular complexity index is 1410. The van der Waals surface area contributed by atoms with Gasteiger partial charge >= 0.3 is 0 Å². The van der Waals surface area contributed by atoms with Crippen molar-refractivity contribution < 1.29 is 19.1 Å². The number of nitrogens with one attached hydrogen (secondary N) is 3. The molecule has 10 nitrogen and oxygen atoms in total. The average molecular weight is 531 g/mol. The number of amides is 2. The molecule has 3 N–H and O–H groups in total. The zero-order valence-electron chi connectivity index (χ0n) is 22.3. The van der Waals surface area contributed by atoms with Gasteiger partial charge in [-0.3, -0.25) is 19.6 Å². The summed E-state index contributed by atoms with van der Waals surface area (Å²) in [6.45, 7) is 4.90. The van der Waals surface area contributed by atoms with E-state index in [9.17, 15) is 9.59 Å². The quantitative estimate of drug-likeness (QED) is 0.169. The minimum Gasteiger partial charge on any atom is -0.378 e. The summed E-state index contributed by atoms with van der Waals surface area (Å²) in [6, 6.07) is 15.6. The van der Waals surface area contributed by atoms with E-state index in [1.165, 1.54) is 0 Å². The summed E-state index contributed by atoms with van der Waals surface area (Å²) in [5.41, 5.74) is 3.67. The van der Waals surface area contributed by atoms with Crippen molar-refractivity contribution in [1.29, 1.82) is 0 Å². The number of hydrogen-bond donors (Lipinski definition) is 3. The third kappa shape index (κ3) is 5.50. The lowest BCUT2D eigenvalue weighted by molar-refractivity contribution is -0.122. The van der Waals surface area contributed by atoms with Gasteiger partial charge in [-0.15, -0.1) is 0 Å². The molecule has 2 aromatic carbocycles. The Hall–Kier alpha value is -3.83. The van der Waals surface area contributed by atoms with Gasteiger partial charge in [0.05, 0.1) is 49.6 Å². The monoisotopic (exact) mass is 530 g/mol. The van der Waals surface area contributed by atoms with Crippen LogP contribution in [-0.2, 0) is 32.2 Å². The molecule has 0 fully saturated rings. The van der Waals surface area contributed by atoms with Gasteiger partial charge < -0.3 is 24.7 Å². The number of imide groups is 1. The summed E-state index contributed by atoms with van der Waals surface area (Å²) in [6.07, 6.45) is 1.94. The van der Waals surface area contributed by atoms with Gasteiger partial charge in [-0.05, 0) is 26.2 Å². The van der Waals surface area contributed by atoms with E-state index >= 15 is 0 Å². The third-order valence-corrected chi connectivity index (χ3v) is 6.80. The molecule has 2 amide bonds. The highest BCUT2D eigenvalue weighted by atomic mass is 16.5. The maximum Gasteiger partial charge on any atom is 0.261 e. The maximum absolute atomic E-state index is 13.3. The van der Waals surface area contributed by atoms with Gasteiger partial charge in [0.1, 0.15) is 5.69 Å². The van der Waals surface area contributed by atoms with Crippen molar-refractivity contribution in [2.45, 2.75) is 13.1 Å². The van der Waals surface area contributed by atoms with Gasteiger partial charge in [-0.25, -0.2) is 0 Å². The summed E-state index contributed by atoms with van der Waals surface area (Å²) in [5, 5.41) is 15.2. The van der Waals surface area contributed by atoms with Crippen LogP contribution in [0.25, 0.3) is 33.0 Å². The molecule has 39 heavy (non-hydrogen) atoms. The lowest BCUT2D eigenvalue weighted by atomic mass is 9.97. The first-order valence-electron chi connectivity index (χ1n) is 13.2. The molecule has 1 aliphatic rings. The predicted octanol–water partition coefficient (Wildman–Crippen LogP) is 2.03. The van der Waals surface area contributed by atoms with Crippen LogP contribution in [0.4, 0.5) is 0 Å². The van der Waals surface area contributed by atoms with Gasteiger partial charge in [0.2, 0.25) is 0 Å². The summed E-state index contributed by atoms with van der Waals surface area (Å²) in [5.74, 6) is -0.861. The maximum atomic E-state index is 13.3. The molecule has 2 aromatic heterocycles.